The van der Waals surface area contributed by atoms with Crippen LogP contribution in [0.25, 0.3) is 0 Å². The number of hydrogen-bond acceptors (Lipinski definition) is 0. The minimum absolute atomic E-state index is 0.374. The molecule has 0 fully saturated rings. The maximum Gasteiger partial charge on any atom is -0.00830 e. The van der Waals surface area contributed by atoms with E-state index in [-0.39, 0.29) is 0 Å². The predicted molar refractivity (Wildman–Crippen MR) is 110 cm³/mol. The van der Waals surface area contributed by atoms with Gasteiger partial charge in [0.25, 0.3) is 0 Å². The summed E-state index contributed by atoms with van der Waals surface area (Å²) in [5.74, 6) is 1.42. The largest absolute Gasteiger partial charge is 0.0917 e. The average Bonchev–Trinajstić information content (AvgIpc) is 2.56. The lowest BCUT2D eigenvalue weighted by Gasteiger charge is -2.35. The molecule has 1 aliphatic carbocycles. The van der Waals surface area contributed by atoms with Crippen molar-refractivity contribution in [1.29, 1.82) is 0 Å². The number of rotatable bonds is 12. The zero-order chi connectivity index (χ0) is 17.8. The van der Waals surface area contributed by atoms with Crippen LogP contribution in [0.5, 0.6) is 0 Å². The van der Waals surface area contributed by atoms with Crippen molar-refractivity contribution < 1.29 is 0 Å². The Morgan fingerprint density at radius 2 is 1.79 bits per heavy atom. The monoisotopic (exact) mass is 330 g/mol. The topological polar surface area (TPSA) is 0 Å². The summed E-state index contributed by atoms with van der Waals surface area (Å²) in [6.45, 7) is 11.7. The van der Waals surface area contributed by atoms with Crippen LogP contribution in [-0.2, 0) is 0 Å². The molecule has 0 saturated heterocycles. The van der Waals surface area contributed by atoms with Crippen LogP contribution < -0.4 is 0 Å². The Bertz CT molecular complexity index is 412. The Hall–Kier alpha value is -0.780. The molecule has 0 heteroatoms. The third-order valence-corrected chi connectivity index (χ3v) is 5.86. The van der Waals surface area contributed by atoms with E-state index in [0.29, 0.717) is 11.3 Å². The second-order valence-corrected chi connectivity index (χ2v) is 8.35. The summed E-state index contributed by atoms with van der Waals surface area (Å²) in [7, 11) is 0. The summed E-state index contributed by atoms with van der Waals surface area (Å²) >= 11 is 0. The van der Waals surface area contributed by atoms with E-state index in [1.807, 2.05) is 0 Å². The molecule has 0 nitrogen and oxygen atoms in total. The van der Waals surface area contributed by atoms with Gasteiger partial charge in [-0.15, -0.1) is 0 Å². The molecule has 3 atom stereocenters. The standard InChI is InChI=1S/C24H42/c1-6-8-10-11-12-13-14-17-24(5)18-16-23(20-22(24)4)19-21(3)15-9-7-2/h7,9,16,18,20-22H,6,8,10-15,17,19H2,1-5H3. The van der Waals surface area contributed by atoms with Crippen molar-refractivity contribution in [2.45, 2.75) is 98.8 Å². The van der Waals surface area contributed by atoms with Crippen LogP contribution in [-0.4, -0.2) is 0 Å². The van der Waals surface area contributed by atoms with Crippen LogP contribution in [0.3, 0.4) is 0 Å². The first-order valence-corrected chi connectivity index (χ1v) is 10.5. The summed E-state index contributed by atoms with van der Waals surface area (Å²) in [5.41, 5.74) is 1.93. The normalized spacial score (nSPS) is 25.2. The van der Waals surface area contributed by atoms with E-state index in [0.717, 1.165) is 5.92 Å². The van der Waals surface area contributed by atoms with E-state index in [9.17, 15) is 0 Å². The van der Waals surface area contributed by atoms with Gasteiger partial charge in [-0.05, 0) is 43.4 Å². The molecule has 0 spiro atoms. The van der Waals surface area contributed by atoms with Gasteiger partial charge in [-0.3, -0.25) is 0 Å². The SMILES string of the molecule is CC=CCC(C)CC1=CC(C)C(C)(CCCCCCCCC)C=C1. The molecule has 0 saturated carbocycles. The fraction of sp³-hybridized carbons (Fsp3) is 0.750. The summed E-state index contributed by atoms with van der Waals surface area (Å²) in [5, 5.41) is 0. The molecule has 0 aromatic heterocycles. The third kappa shape index (κ3) is 7.86. The first-order valence-electron chi connectivity index (χ1n) is 10.5. The summed E-state index contributed by atoms with van der Waals surface area (Å²) in [6, 6.07) is 0. The van der Waals surface area contributed by atoms with E-state index >= 15 is 0 Å². The van der Waals surface area contributed by atoms with E-state index < -0.39 is 0 Å². The molecule has 1 aliphatic rings. The molecule has 138 valence electrons. The number of hydrogen-bond donors (Lipinski definition) is 0. The second kappa shape index (κ2) is 11.7. The quantitative estimate of drug-likeness (QED) is 0.249. The van der Waals surface area contributed by atoms with Crippen LogP contribution in [0.1, 0.15) is 98.8 Å². The van der Waals surface area contributed by atoms with Crippen LogP contribution in [0.4, 0.5) is 0 Å². The second-order valence-electron chi connectivity index (χ2n) is 8.35. The number of unbranched alkanes of at least 4 members (excludes halogenated alkanes) is 6. The molecule has 0 aromatic rings. The van der Waals surface area contributed by atoms with E-state index in [2.05, 4.69) is 65.0 Å². The van der Waals surface area contributed by atoms with Gasteiger partial charge in [0.15, 0.2) is 0 Å². The fourth-order valence-corrected chi connectivity index (χ4v) is 3.78. The summed E-state index contributed by atoms with van der Waals surface area (Å²) < 4.78 is 0. The maximum absolute atomic E-state index is 2.55. The Morgan fingerprint density at radius 1 is 1.12 bits per heavy atom. The molecule has 0 N–H and O–H groups in total. The average molecular weight is 331 g/mol. The fourth-order valence-electron chi connectivity index (χ4n) is 3.78. The highest BCUT2D eigenvalue weighted by Gasteiger charge is 2.29. The molecule has 0 bridgehead atoms. The van der Waals surface area contributed by atoms with Gasteiger partial charge in [-0.2, -0.15) is 0 Å². The minimum Gasteiger partial charge on any atom is -0.0917 e. The highest BCUT2D eigenvalue weighted by atomic mass is 14.3. The van der Waals surface area contributed by atoms with Gasteiger partial charge in [0.05, 0.1) is 0 Å². The first kappa shape index (κ1) is 21.3. The van der Waals surface area contributed by atoms with Crippen molar-refractivity contribution in [3.63, 3.8) is 0 Å². The lowest BCUT2D eigenvalue weighted by molar-refractivity contribution is 0.284. The molecule has 0 aliphatic heterocycles. The van der Waals surface area contributed by atoms with Gasteiger partial charge in [0.1, 0.15) is 0 Å². The van der Waals surface area contributed by atoms with Crippen molar-refractivity contribution in [3.8, 4) is 0 Å². The summed E-state index contributed by atoms with van der Waals surface area (Å²) in [6.07, 6.45) is 25.6. The van der Waals surface area contributed by atoms with Gasteiger partial charge in [0.2, 0.25) is 0 Å². The van der Waals surface area contributed by atoms with Crippen molar-refractivity contribution >= 4 is 0 Å². The molecule has 0 heterocycles. The Kier molecular flexibility index (Phi) is 10.4. The predicted octanol–water partition coefficient (Wildman–Crippen LogP) is 8.26. The van der Waals surface area contributed by atoms with Crippen molar-refractivity contribution in [2.75, 3.05) is 0 Å². The summed E-state index contributed by atoms with van der Waals surface area (Å²) in [4.78, 5) is 0. The van der Waals surface area contributed by atoms with E-state index in [1.165, 1.54) is 64.2 Å². The van der Waals surface area contributed by atoms with Crippen molar-refractivity contribution in [1.82, 2.24) is 0 Å². The van der Waals surface area contributed by atoms with Crippen molar-refractivity contribution in [3.05, 3.63) is 36.0 Å². The molecule has 0 radical (unpaired) electrons. The minimum atomic E-state index is 0.374. The van der Waals surface area contributed by atoms with Crippen LogP contribution >= 0.6 is 0 Å². The first-order chi connectivity index (χ1) is 11.5. The van der Waals surface area contributed by atoms with E-state index in [4.69, 9.17) is 0 Å². The third-order valence-electron chi connectivity index (χ3n) is 5.86. The molecule has 24 heavy (non-hydrogen) atoms. The van der Waals surface area contributed by atoms with Gasteiger partial charge in [0, 0.05) is 0 Å². The molecular weight excluding hydrogens is 288 g/mol. The maximum atomic E-state index is 2.55. The van der Waals surface area contributed by atoms with Crippen LogP contribution in [0.15, 0.2) is 36.0 Å². The van der Waals surface area contributed by atoms with Crippen molar-refractivity contribution in [2.24, 2.45) is 17.3 Å². The molecular formula is C24H42. The van der Waals surface area contributed by atoms with Gasteiger partial charge < -0.3 is 0 Å². The van der Waals surface area contributed by atoms with Gasteiger partial charge in [-0.1, -0.05) is 109 Å². The van der Waals surface area contributed by atoms with Gasteiger partial charge >= 0.3 is 0 Å². The molecule has 0 aromatic carbocycles. The van der Waals surface area contributed by atoms with E-state index in [1.54, 1.807) is 5.57 Å². The number of allylic oxidation sites excluding steroid dienone is 6. The Balaban J connectivity index is 2.34. The lowest BCUT2D eigenvalue weighted by Crippen LogP contribution is -2.24. The lowest BCUT2D eigenvalue weighted by atomic mass is 9.70. The zero-order valence-corrected chi connectivity index (χ0v) is 17.1. The highest BCUT2D eigenvalue weighted by molar-refractivity contribution is 5.28. The highest BCUT2D eigenvalue weighted by Crippen LogP contribution is 2.40. The molecule has 3 unspecified atom stereocenters. The zero-order valence-electron chi connectivity index (χ0n) is 17.1. The Labute approximate surface area is 152 Å². The molecule has 1 rings (SSSR count). The molecule has 0 amide bonds. The van der Waals surface area contributed by atoms with Gasteiger partial charge in [-0.25, -0.2) is 0 Å². The van der Waals surface area contributed by atoms with Crippen LogP contribution in [0.2, 0.25) is 0 Å². The Morgan fingerprint density at radius 3 is 2.42 bits per heavy atom. The van der Waals surface area contributed by atoms with Crippen LogP contribution in [0, 0.1) is 17.3 Å². The smallest absolute Gasteiger partial charge is 0.00830 e.